The quantitative estimate of drug-likeness (QED) is 0.589. The number of sulfonamides is 1. The van der Waals surface area contributed by atoms with Crippen LogP contribution in [0.3, 0.4) is 0 Å². The Morgan fingerprint density at radius 3 is 2.19 bits per heavy atom. The highest BCUT2D eigenvalue weighted by atomic mass is 32.2. The molecule has 0 amide bonds. The number of aryl methyl sites for hydroxylation is 3. The second kappa shape index (κ2) is 6.69. The molecule has 1 aliphatic heterocycles. The molecule has 1 aromatic carbocycles. The average molecular weight is 379 g/mol. The van der Waals surface area contributed by atoms with E-state index in [1.54, 1.807) is 38.2 Å². The minimum Gasteiger partial charge on any atom is -0.348 e. The van der Waals surface area contributed by atoms with Crippen molar-refractivity contribution in [2.24, 2.45) is 7.05 Å². The van der Waals surface area contributed by atoms with Crippen LogP contribution in [-0.2, 0) is 17.1 Å². The molecule has 0 saturated carbocycles. The van der Waals surface area contributed by atoms with E-state index in [1.165, 1.54) is 8.99 Å². The standard InChI is InChI=1S/C16H21N5O4S/c1-12-4-6-14(7-5-12)26(24,25)20-10-8-19(9-11-20)16-15(21(22)23)13(2)17-18(16)3/h4-7H,8-11H2,1-3H3. The van der Waals surface area contributed by atoms with Gasteiger partial charge < -0.3 is 4.90 Å². The molecule has 1 saturated heterocycles. The molecule has 0 spiro atoms. The number of hydrogen-bond acceptors (Lipinski definition) is 6. The van der Waals surface area contributed by atoms with E-state index in [-0.39, 0.29) is 23.7 Å². The topological polar surface area (TPSA) is 102 Å². The number of nitro groups is 1. The van der Waals surface area contributed by atoms with E-state index >= 15 is 0 Å². The molecule has 10 heteroatoms. The Kier molecular flexibility index (Phi) is 4.72. The van der Waals surface area contributed by atoms with Crippen molar-refractivity contribution < 1.29 is 13.3 Å². The summed E-state index contributed by atoms with van der Waals surface area (Å²) in [6.07, 6.45) is 0. The van der Waals surface area contributed by atoms with Gasteiger partial charge in [-0.15, -0.1) is 0 Å². The largest absolute Gasteiger partial charge is 0.348 e. The van der Waals surface area contributed by atoms with Crippen LogP contribution in [-0.4, -0.2) is 53.6 Å². The van der Waals surface area contributed by atoms with Crippen molar-refractivity contribution in [3.05, 3.63) is 45.6 Å². The lowest BCUT2D eigenvalue weighted by atomic mass is 10.2. The SMILES string of the molecule is Cc1ccc(S(=O)(=O)N2CCN(c3c([N+](=O)[O-])c(C)nn3C)CC2)cc1. The van der Waals surface area contributed by atoms with Gasteiger partial charge in [-0.25, -0.2) is 13.1 Å². The van der Waals surface area contributed by atoms with Crippen LogP contribution in [0.25, 0.3) is 0 Å². The van der Waals surface area contributed by atoms with Gasteiger partial charge in [-0.1, -0.05) is 17.7 Å². The highest BCUT2D eigenvalue weighted by molar-refractivity contribution is 7.89. The number of aromatic nitrogens is 2. The van der Waals surface area contributed by atoms with Gasteiger partial charge >= 0.3 is 5.69 Å². The lowest BCUT2D eigenvalue weighted by molar-refractivity contribution is -0.384. The Morgan fingerprint density at radius 2 is 1.65 bits per heavy atom. The number of hydrogen-bond donors (Lipinski definition) is 0. The summed E-state index contributed by atoms with van der Waals surface area (Å²) in [5, 5.41) is 15.5. The lowest BCUT2D eigenvalue weighted by Gasteiger charge is -2.34. The van der Waals surface area contributed by atoms with Gasteiger partial charge in [-0.05, 0) is 26.0 Å². The molecule has 9 nitrogen and oxygen atoms in total. The predicted molar refractivity (Wildman–Crippen MR) is 96.8 cm³/mol. The van der Waals surface area contributed by atoms with E-state index in [1.807, 2.05) is 11.8 Å². The summed E-state index contributed by atoms with van der Waals surface area (Å²) >= 11 is 0. The second-order valence-corrected chi connectivity index (χ2v) is 8.28. The number of anilines is 1. The van der Waals surface area contributed by atoms with Crippen LogP contribution in [0.4, 0.5) is 11.5 Å². The van der Waals surface area contributed by atoms with Crippen molar-refractivity contribution in [2.45, 2.75) is 18.7 Å². The van der Waals surface area contributed by atoms with Gasteiger partial charge in [0.05, 0.1) is 9.82 Å². The monoisotopic (exact) mass is 379 g/mol. The molecule has 0 radical (unpaired) electrons. The number of benzene rings is 1. The van der Waals surface area contributed by atoms with Gasteiger partial charge in [-0.3, -0.25) is 10.1 Å². The fourth-order valence-corrected chi connectivity index (χ4v) is 4.62. The molecule has 1 aliphatic rings. The molecular formula is C16H21N5O4S. The summed E-state index contributed by atoms with van der Waals surface area (Å²) in [5.74, 6) is 0.417. The van der Waals surface area contributed by atoms with Gasteiger partial charge in [0, 0.05) is 33.2 Å². The van der Waals surface area contributed by atoms with Crippen molar-refractivity contribution in [1.29, 1.82) is 0 Å². The fraction of sp³-hybridized carbons (Fsp3) is 0.438. The fourth-order valence-electron chi connectivity index (χ4n) is 3.20. The highest BCUT2D eigenvalue weighted by Gasteiger charge is 2.33. The van der Waals surface area contributed by atoms with Gasteiger partial charge in [0.1, 0.15) is 5.69 Å². The Labute approximate surface area is 152 Å². The van der Waals surface area contributed by atoms with Crippen LogP contribution in [0.2, 0.25) is 0 Å². The molecule has 26 heavy (non-hydrogen) atoms. The zero-order valence-electron chi connectivity index (χ0n) is 14.9. The van der Waals surface area contributed by atoms with Crippen LogP contribution < -0.4 is 4.90 Å². The van der Waals surface area contributed by atoms with E-state index < -0.39 is 14.9 Å². The molecule has 1 aromatic heterocycles. The first kappa shape index (κ1) is 18.3. The third kappa shape index (κ3) is 3.17. The Bertz CT molecular complexity index is 928. The maximum Gasteiger partial charge on any atom is 0.333 e. The van der Waals surface area contributed by atoms with E-state index in [0.717, 1.165) is 5.56 Å². The second-order valence-electron chi connectivity index (χ2n) is 6.34. The third-order valence-corrected chi connectivity index (χ3v) is 6.45. The normalized spacial score (nSPS) is 16.0. The van der Waals surface area contributed by atoms with E-state index in [4.69, 9.17) is 0 Å². The maximum atomic E-state index is 12.8. The first-order valence-corrected chi connectivity index (χ1v) is 9.65. The number of piperazine rings is 1. The van der Waals surface area contributed by atoms with E-state index in [0.29, 0.717) is 24.6 Å². The Balaban J connectivity index is 1.80. The summed E-state index contributed by atoms with van der Waals surface area (Å²) in [6, 6.07) is 6.74. The zero-order chi connectivity index (χ0) is 19.1. The van der Waals surface area contributed by atoms with Gasteiger partial charge in [0.2, 0.25) is 15.8 Å². The third-order valence-electron chi connectivity index (χ3n) is 4.54. The molecule has 140 valence electrons. The number of nitrogens with zero attached hydrogens (tertiary/aromatic N) is 5. The van der Waals surface area contributed by atoms with Gasteiger partial charge in [0.15, 0.2) is 0 Å². The van der Waals surface area contributed by atoms with Crippen LogP contribution >= 0.6 is 0 Å². The molecule has 0 bridgehead atoms. The van der Waals surface area contributed by atoms with Crippen molar-refractivity contribution in [3.8, 4) is 0 Å². The summed E-state index contributed by atoms with van der Waals surface area (Å²) < 4.78 is 28.4. The molecule has 0 aliphatic carbocycles. The maximum absolute atomic E-state index is 12.8. The predicted octanol–water partition coefficient (Wildman–Crippen LogP) is 1.46. The highest BCUT2D eigenvalue weighted by Crippen LogP contribution is 2.32. The number of rotatable bonds is 4. The van der Waals surface area contributed by atoms with Crippen LogP contribution in [0.1, 0.15) is 11.3 Å². The lowest BCUT2D eigenvalue weighted by Crippen LogP contribution is -2.49. The van der Waals surface area contributed by atoms with Crippen molar-refractivity contribution in [3.63, 3.8) is 0 Å². The minimum absolute atomic E-state index is 0.0256. The molecule has 0 unspecified atom stereocenters. The summed E-state index contributed by atoms with van der Waals surface area (Å²) in [6.45, 7) is 4.75. The van der Waals surface area contributed by atoms with Crippen LogP contribution in [0, 0.1) is 24.0 Å². The van der Waals surface area contributed by atoms with Crippen molar-refractivity contribution in [2.75, 3.05) is 31.1 Å². The molecule has 3 rings (SSSR count). The molecule has 0 N–H and O–H groups in total. The summed E-state index contributed by atoms with van der Waals surface area (Å²) in [5.41, 5.74) is 1.32. The molecule has 1 fully saturated rings. The minimum atomic E-state index is -3.57. The first-order valence-electron chi connectivity index (χ1n) is 8.21. The van der Waals surface area contributed by atoms with Gasteiger partial charge in [-0.2, -0.15) is 9.40 Å². The van der Waals surface area contributed by atoms with E-state index in [2.05, 4.69) is 5.10 Å². The van der Waals surface area contributed by atoms with Crippen molar-refractivity contribution >= 4 is 21.5 Å². The summed E-state index contributed by atoms with van der Waals surface area (Å²) in [4.78, 5) is 13.0. The van der Waals surface area contributed by atoms with Gasteiger partial charge in [0.25, 0.3) is 0 Å². The smallest absolute Gasteiger partial charge is 0.333 e. The van der Waals surface area contributed by atoms with Crippen LogP contribution in [0.5, 0.6) is 0 Å². The summed E-state index contributed by atoms with van der Waals surface area (Å²) in [7, 11) is -1.91. The zero-order valence-corrected chi connectivity index (χ0v) is 15.7. The molecular weight excluding hydrogens is 358 g/mol. The van der Waals surface area contributed by atoms with E-state index in [9.17, 15) is 18.5 Å². The Hall–Kier alpha value is -2.46. The molecule has 0 atom stereocenters. The van der Waals surface area contributed by atoms with Crippen molar-refractivity contribution in [1.82, 2.24) is 14.1 Å². The molecule has 2 aromatic rings. The Morgan fingerprint density at radius 1 is 1.08 bits per heavy atom. The van der Waals surface area contributed by atoms with Crippen LogP contribution in [0.15, 0.2) is 29.2 Å². The first-order chi connectivity index (χ1) is 12.2. The molecule has 2 heterocycles. The average Bonchev–Trinajstić information content (AvgIpc) is 2.89.